The summed E-state index contributed by atoms with van der Waals surface area (Å²) in [6.07, 6.45) is 5.67. The minimum atomic E-state index is -0.0495. The number of Topliss-reactive ketones (excluding diaryl/α,β-unsaturated/α-hetero) is 1. The number of carbonyl (C=O) groups excluding carboxylic acids is 1. The number of nitrogens with zero attached hydrogens (tertiary/aromatic N) is 2. The minimum Gasteiger partial charge on any atom is -0.297 e. The highest BCUT2D eigenvalue weighted by atomic mass is 16.2. The maximum absolute atomic E-state index is 11.8. The molecule has 2 rings (SSSR count). The van der Waals surface area contributed by atoms with Gasteiger partial charge in [0, 0.05) is 24.4 Å². The maximum Gasteiger partial charge on any atom is 0.328 e. The van der Waals surface area contributed by atoms with Gasteiger partial charge in [0.25, 0.3) is 0 Å². The predicted octanol–water partition coefficient (Wildman–Crippen LogP) is 1.21. The lowest BCUT2D eigenvalue weighted by molar-refractivity contribution is -0.122. The van der Waals surface area contributed by atoms with Crippen LogP contribution >= 0.6 is 0 Å². The smallest absolute Gasteiger partial charge is 0.297 e. The second-order valence-corrected chi connectivity index (χ2v) is 4.47. The van der Waals surface area contributed by atoms with Crippen LogP contribution in [0.4, 0.5) is 0 Å². The number of hydrogen-bond acceptors (Lipinski definition) is 2. The Balaban J connectivity index is 2.15. The topological polar surface area (TPSA) is 44.0 Å². The highest BCUT2D eigenvalue weighted by Gasteiger charge is 2.25. The molecule has 0 N–H and O–H groups in total. The highest BCUT2D eigenvalue weighted by molar-refractivity contribution is 5.80. The Morgan fingerprint density at radius 3 is 2.67 bits per heavy atom. The fourth-order valence-corrected chi connectivity index (χ4v) is 1.53. The molecule has 0 atom stereocenters. The normalized spacial score (nSPS) is 15.9. The van der Waals surface area contributed by atoms with E-state index in [2.05, 4.69) is 0 Å². The summed E-state index contributed by atoms with van der Waals surface area (Å²) in [5.74, 6) is 0.0896. The van der Waals surface area contributed by atoms with E-state index in [0.717, 1.165) is 12.8 Å². The predicted molar refractivity (Wildman–Crippen MR) is 56.8 cm³/mol. The molecular formula is C11H16N2O2. The molecule has 0 amide bonds. The second-order valence-electron chi connectivity index (χ2n) is 4.47. The van der Waals surface area contributed by atoms with Gasteiger partial charge in [-0.15, -0.1) is 0 Å². The maximum atomic E-state index is 11.8. The van der Waals surface area contributed by atoms with Gasteiger partial charge >= 0.3 is 5.69 Å². The number of carbonyl (C=O) groups is 1. The summed E-state index contributed by atoms with van der Waals surface area (Å²) in [6, 6.07) is 0.382. The highest BCUT2D eigenvalue weighted by Crippen LogP contribution is 2.33. The Morgan fingerprint density at radius 1 is 1.47 bits per heavy atom. The largest absolute Gasteiger partial charge is 0.328 e. The number of hydrogen-bond donors (Lipinski definition) is 0. The lowest BCUT2D eigenvalue weighted by Gasteiger charge is -2.03. The first kappa shape index (κ1) is 10.2. The van der Waals surface area contributed by atoms with E-state index < -0.39 is 0 Å². The van der Waals surface area contributed by atoms with Crippen LogP contribution in [0, 0.1) is 5.92 Å². The zero-order valence-electron chi connectivity index (χ0n) is 9.14. The van der Waals surface area contributed by atoms with Gasteiger partial charge in [-0.3, -0.25) is 13.9 Å². The first-order chi connectivity index (χ1) is 7.09. The van der Waals surface area contributed by atoms with E-state index in [9.17, 15) is 9.59 Å². The van der Waals surface area contributed by atoms with Crippen molar-refractivity contribution in [2.75, 3.05) is 0 Å². The Hall–Kier alpha value is -1.32. The van der Waals surface area contributed by atoms with E-state index in [4.69, 9.17) is 0 Å². The van der Waals surface area contributed by atoms with Crippen LogP contribution in [0.15, 0.2) is 17.2 Å². The third-order valence-electron chi connectivity index (χ3n) is 2.78. The van der Waals surface area contributed by atoms with Crippen LogP contribution in [0.2, 0.25) is 0 Å². The summed E-state index contributed by atoms with van der Waals surface area (Å²) < 4.78 is 3.23. The van der Waals surface area contributed by atoms with Gasteiger partial charge in [0.15, 0.2) is 5.78 Å². The zero-order chi connectivity index (χ0) is 11.0. The Morgan fingerprint density at radius 2 is 2.13 bits per heavy atom. The number of aromatic nitrogens is 2. The Kier molecular flexibility index (Phi) is 2.50. The van der Waals surface area contributed by atoms with Gasteiger partial charge in [0.05, 0.1) is 6.54 Å². The van der Waals surface area contributed by atoms with E-state index in [0.29, 0.717) is 6.04 Å². The van der Waals surface area contributed by atoms with Crippen LogP contribution in [-0.2, 0) is 11.3 Å². The summed E-state index contributed by atoms with van der Waals surface area (Å²) in [5.41, 5.74) is -0.0495. The average Bonchev–Trinajstić information content (AvgIpc) is 2.95. The molecule has 1 fully saturated rings. The van der Waals surface area contributed by atoms with Crippen molar-refractivity contribution in [2.24, 2.45) is 5.92 Å². The van der Waals surface area contributed by atoms with Gasteiger partial charge in [-0.1, -0.05) is 13.8 Å². The van der Waals surface area contributed by atoms with Crippen molar-refractivity contribution >= 4 is 5.78 Å². The molecule has 1 aromatic heterocycles. The van der Waals surface area contributed by atoms with Crippen LogP contribution in [-0.4, -0.2) is 14.9 Å². The van der Waals surface area contributed by atoms with E-state index in [-0.39, 0.29) is 23.9 Å². The summed E-state index contributed by atoms with van der Waals surface area (Å²) >= 11 is 0. The molecule has 82 valence electrons. The number of imidazole rings is 1. The molecule has 0 aromatic carbocycles. The molecule has 1 saturated carbocycles. The van der Waals surface area contributed by atoms with Crippen molar-refractivity contribution in [3.05, 3.63) is 22.9 Å². The van der Waals surface area contributed by atoms with Crippen LogP contribution in [0.5, 0.6) is 0 Å². The standard InChI is InChI=1S/C11H16N2O2/c1-8(2)10(14)7-12-5-6-13(11(12)15)9-3-4-9/h5-6,8-9H,3-4,7H2,1-2H3. The second kappa shape index (κ2) is 3.68. The van der Waals surface area contributed by atoms with E-state index >= 15 is 0 Å². The third kappa shape index (κ3) is 2.03. The lowest BCUT2D eigenvalue weighted by atomic mass is 10.1. The van der Waals surface area contributed by atoms with Gasteiger partial charge in [0.2, 0.25) is 0 Å². The quantitative estimate of drug-likeness (QED) is 0.746. The zero-order valence-corrected chi connectivity index (χ0v) is 9.14. The molecule has 1 aromatic rings. The molecule has 1 aliphatic carbocycles. The number of ketones is 1. The first-order valence-electron chi connectivity index (χ1n) is 5.39. The molecule has 1 aliphatic rings. The monoisotopic (exact) mass is 208 g/mol. The van der Waals surface area contributed by atoms with E-state index in [1.165, 1.54) is 4.57 Å². The SMILES string of the molecule is CC(C)C(=O)Cn1ccn(C2CC2)c1=O. The molecule has 0 radical (unpaired) electrons. The van der Waals surface area contributed by atoms with E-state index in [1.54, 1.807) is 17.0 Å². The molecule has 0 saturated heterocycles. The Bertz CT molecular complexity index is 424. The summed E-state index contributed by atoms with van der Waals surface area (Å²) in [6.45, 7) is 3.91. The molecule has 4 heteroatoms. The van der Waals surface area contributed by atoms with Gasteiger partial charge < -0.3 is 0 Å². The molecule has 0 aliphatic heterocycles. The minimum absolute atomic E-state index is 0.0128. The third-order valence-corrected chi connectivity index (χ3v) is 2.78. The molecule has 0 spiro atoms. The lowest BCUT2D eigenvalue weighted by Crippen LogP contribution is -2.27. The van der Waals surface area contributed by atoms with E-state index in [1.807, 2.05) is 13.8 Å². The van der Waals surface area contributed by atoms with Crippen LogP contribution < -0.4 is 5.69 Å². The van der Waals surface area contributed by atoms with Gasteiger partial charge in [-0.2, -0.15) is 0 Å². The first-order valence-corrected chi connectivity index (χ1v) is 5.39. The fourth-order valence-electron chi connectivity index (χ4n) is 1.53. The van der Waals surface area contributed by atoms with Crippen LogP contribution in [0.1, 0.15) is 32.7 Å². The van der Waals surface area contributed by atoms with Crippen molar-refractivity contribution in [3.63, 3.8) is 0 Å². The average molecular weight is 208 g/mol. The van der Waals surface area contributed by atoms with Gasteiger partial charge in [-0.25, -0.2) is 4.79 Å². The molecule has 1 heterocycles. The van der Waals surface area contributed by atoms with Crippen molar-refractivity contribution in [1.82, 2.24) is 9.13 Å². The van der Waals surface area contributed by atoms with Crippen LogP contribution in [0.3, 0.4) is 0 Å². The van der Waals surface area contributed by atoms with Gasteiger partial charge in [0.1, 0.15) is 0 Å². The molecule has 0 bridgehead atoms. The molecular weight excluding hydrogens is 192 g/mol. The molecule has 15 heavy (non-hydrogen) atoms. The van der Waals surface area contributed by atoms with Gasteiger partial charge in [-0.05, 0) is 12.8 Å². The van der Waals surface area contributed by atoms with Crippen LogP contribution in [0.25, 0.3) is 0 Å². The number of rotatable bonds is 4. The van der Waals surface area contributed by atoms with Crippen molar-refractivity contribution in [1.29, 1.82) is 0 Å². The summed E-state index contributed by atoms with van der Waals surface area (Å²) in [4.78, 5) is 23.3. The fraction of sp³-hybridized carbons (Fsp3) is 0.636. The molecule has 0 unspecified atom stereocenters. The van der Waals surface area contributed by atoms with Crippen molar-refractivity contribution in [2.45, 2.75) is 39.3 Å². The van der Waals surface area contributed by atoms with Crippen molar-refractivity contribution < 1.29 is 4.79 Å². The summed E-state index contributed by atoms with van der Waals surface area (Å²) in [5, 5.41) is 0. The Labute approximate surface area is 88.5 Å². The molecule has 4 nitrogen and oxygen atoms in total. The summed E-state index contributed by atoms with van der Waals surface area (Å²) in [7, 11) is 0. The van der Waals surface area contributed by atoms with Crippen molar-refractivity contribution in [3.8, 4) is 0 Å².